The van der Waals surface area contributed by atoms with E-state index in [1.165, 1.54) is 16.9 Å². The number of thiophene rings is 1. The highest BCUT2D eigenvalue weighted by atomic mass is 32.2. The molecule has 0 bridgehead atoms. The van der Waals surface area contributed by atoms with Gasteiger partial charge in [-0.05, 0) is 35.7 Å². The van der Waals surface area contributed by atoms with Gasteiger partial charge in [-0.15, -0.1) is 11.3 Å². The van der Waals surface area contributed by atoms with Crippen LogP contribution < -0.4 is 5.14 Å². The fraction of sp³-hybridized carbons (Fsp3) is 0.176. The van der Waals surface area contributed by atoms with E-state index in [-0.39, 0.29) is 4.21 Å². The van der Waals surface area contributed by atoms with Gasteiger partial charge in [-0.3, -0.25) is 0 Å². The van der Waals surface area contributed by atoms with Gasteiger partial charge in [-0.1, -0.05) is 37.6 Å². The molecule has 4 nitrogen and oxygen atoms in total. The quantitative estimate of drug-likeness (QED) is 0.763. The molecular weight excluding hydrogens is 328 g/mol. The van der Waals surface area contributed by atoms with Crippen molar-refractivity contribution in [2.75, 3.05) is 0 Å². The zero-order valence-electron chi connectivity index (χ0n) is 12.8. The predicted octanol–water partition coefficient (Wildman–Crippen LogP) is 3.81. The molecule has 120 valence electrons. The van der Waals surface area contributed by atoms with Crippen LogP contribution in [0, 0.1) is 0 Å². The minimum Gasteiger partial charge on any atom is -0.322 e. The van der Waals surface area contributed by atoms with E-state index >= 15 is 0 Å². The second-order valence-corrected chi connectivity index (χ2v) is 8.17. The van der Waals surface area contributed by atoms with Crippen LogP contribution in [-0.2, 0) is 16.4 Å². The summed E-state index contributed by atoms with van der Waals surface area (Å²) in [6, 6.07) is 13.8. The number of hydrogen-bond donors (Lipinski definition) is 1. The summed E-state index contributed by atoms with van der Waals surface area (Å²) in [7, 11) is -3.77. The van der Waals surface area contributed by atoms with E-state index in [1.807, 2.05) is 42.7 Å². The van der Waals surface area contributed by atoms with Crippen LogP contribution in [0.2, 0.25) is 0 Å². The summed E-state index contributed by atoms with van der Waals surface area (Å²) >= 11 is 1.20. The molecule has 2 N–H and O–H groups in total. The summed E-state index contributed by atoms with van der Waals surface area (Å²) in [5.41, 5.74) is 2.87. The molecule has 0 aliphatic heterocycles. The Labute approximate surface area is 140 Å². The molecule has 3 rings (SSSR count). The average Bonchev–Trinajstić information content (AvgIpc) is 3.17. The second-order valence-electron chi connectivity index (χ2n) is 5.37. The topological polar surface area (TPSA) is 65.1 Å². The van der Waals surface area contributed by atoms with Crippen molar-refractivity contribution in [3.63, 3.8) is 0 Å². The van der Waals surface area contributed by atoms with Gasteiger partial charge in [0.05, 0.1) is 5.69 Å². The van der Waals surface area contributed by atoms with Gasteiger partial charge in [0.15, 0.2) is 4.21 Å². The molecule has 2 aromatic heterocycles. The maximum Gasteiger partial charge on any atom is 0.249 e. The second kappa shape index (κ2) is 6.31. The fourth-order valence-corrected chi connectivity index (χ4v) is 4.59. The van der Waals surface area contributed by atoms with E-state index in [0.717, 1.165) is 23.3 Å². The van der Waals surface area contributed by atoms with Crippen molar-refractivity contribution in [3.8, 4) is 16.1 Å². The van der Waals surface area contributed by atoms with Gasteiger partial charge in [-0.25, -0.2) is 13.6 Å². The normalized spacial score (nSPS) is 11.7. The zero-order valence-corrected chi connectivity index (χ0v) is 14.4. The Hall–Kier alpha value is -1.89. The molecule has 0 aliphatic carbocycles. The molecule has 0 saturated heterocycles. The van der Waals surface area contributed by atoms with Crippen LogP contribution in [0.4, 0.5) is 0 Å². The Morgan fingerprint density at radius 3 is 2.35 bits per heavy atom. The number of aryl methyl sites for hydroxylation is 1. The van der Waals surface area contributed by atoms with Gasteiger partial charge in [-0.2, -0.15) is 0 Å². The summed E-state index contributed by atoms with van der Waals surface area (Å²) in [5.74, 6) is 0. The van der Waals surface area contributed by atoms with E-state index in [0.29, 0.717) is 5.69 Å². The van der Waals surface area contributed by atoms with Crippen molar-refractivity contribution in [1.29, 1.82) is 0 Å². The van der Waals surface area contributed by atoms with Crippen molar-refractivity contribution in [3.05, 3.63) is 60.4 Å². The minimum atomic E-state index is -3.77. The Balaban J connectivity index is 2.07. The minimum absolute atomic E-state index is 0.182. The van der Waals surface area contributed by atoms with Crippen LogP contribution in [0.15, 0.2) is 59.1 Å². The lowest BCUT2D eigenvalue weighted by Gasteiger charge is -2.02. The number of nitrogens with zero attached hydrogens (tertiary/aromatic N) is 1. The lowest BCUT2D eigenvalue weighted by molar-refractivity contribution is 0.599. The molecule has 0 radical (unpaired) electrons. The lowest BCUT2D eigenvalue weighted by atomic mass is 10.1. The van der Waals surface area contributed by atoms with Crippen molar-refractivity contribution in [2.45, 2.75) is 24.0 Å². The molecule has 0 atom stereocenters. The first-order chi connectivity index (χ1) is 11.0. The lowest BCUT2D eigenvalue weighted by Crippen LogP contribution is -2.12. The maximum absolute atomic E-state index is 11.9. The molecule has 6 heteroatoms. The molecule has 0 spiro atoms. The SMILES string of the molecule is CCCc1ccc(-c2cc(-n3cccc3)c(S(N)(=O)=O)s2)cc1. The third-order valence-corrected chi connectivity index (χ3v) is 6.24. The first-order valence-corrected chi connectivity index (χ1v) is 9.74. The van der Waals surface area contributed by atoms with E-state index < -0.39 is 10.0 Å². The summed E-state index contributed by atoms with van der Waals surface area (Å²) in [5, 5.41) is 5.39. The van der Waals surface area contributed by atoms with E-state index in [4.69, 9.17) is 5.14 Å². The number of aromatic nitrogens is 1. The number of nitrogens with two attached hydrogens (primary N) is 1. The molecule has 0 unspecified atom stereocenters. The van der Waals surface area contributed by atoms with Gasteiger partial charge >= 0.3 is 0 Å². The molecule has 23 heavy (non-hydrogen) atoms. The monoisotopic (exact) mass is 346 g/mol. The number of rotatable bonds is 5. The average molecular weight is 346 g/mol. The van der Waals surface area contributed by atoms with Crippen molar-refractivity contribution in [2.24, 2.45) is 5.14 Å². The van der Waals surface area contributed by atoms with Gasteiger partial charge < -0.3 is 4.57 Å². The van der Waals surface area contributed by atoms with Gasteiger partial charge in [0.25, 0.3) is 0 Å². The first kappa shape index (κ1) is 16.0. The molecule has 0 amide bonds. The van der Waals surface area contributed by atoms with Gasteiger partial charge in [0.2, 0.25) is 10.0 Å². The Kier molecular flexibility index (Phi) is 4.39. The molecule has 3 aromatic rings. The molecule has 2 heterocycles. The van der Waals surface area contributed by atoms with Crippen molar-refractivity contribution in [1.82, 2.24) is 4.57 Å². The van der Waals surface area contributed by atoms with Crippen LogP contribution in [0.25, 0.3) is 16.1 Å². The summed E-state index contributed by atoms with van der Waals surface area (Å²) in [4.78, 5) is 0.890. The standard InChI is InChI=1S/C17H18N2O2S2/c1-2-5-13-6-8-14(9-7-13)16-12-15(19-10-3-4-11-19)17(22-16)23(18,20)21/h3-4,6-12H,2,5H2,1H3,(H2,18,20,21). The number of hydrogen-bond acceptors (Lipinski definition) is 3. The number of benzene rings is 1. The van der Waals surface area contributed by atoms with Gasteiger partial charge in [0.1, 0.15) is 0 Å². The van der Waals surface area contributed by atoms with Crippen LogP contribution in [-0.4, -0.2) is 13.0 Å². The molecule has 0 aliphatic rings. The van der Waals surface area contributed by atoms with E-state index in [9.17, 15) is 8.42 Å². The Bertz CT molecular complexity index is 893. The van der Waals surface area contributed by atoms with Crippen molar-refractivity contribution < 1.29 is 8.42 Å². The highest BCUT2D eigenvalue weighted by Crippen LogP contribution is 2.36. The molecular formula is C17H18N2O2S2. The van der Waals surface area contributed by atoms with E-state index in [1.54, 1.807) is 4.57 Å². The number of primary sulfonamides is 1. The third kappa shape index (κ3) is 3.39. The summed E-state index contributed by atoms with van der Waals surface area (Å²) < 4.78 is 25.8. The number of sulfonamides is 1. The predicted molar refractivity (Wildman–Crippen MR) is 94.5 cm³/mol. The highest BCUT2D eigenvalue weighted by Gasteiger charge is 2.20. The largest absolute Gasteiger partial charge is 0.322 e. The third-order valence-electron chi connectivity index (χ3n) is 3.60. The van der Waals surface area contributed by atoms with Crippen molar-refractivity contribution >= 4 is 21.4 Å². The molecule has 0 fully saturated rings. The highest BCUT2D eigenvalue weighted by molar-refractivity contribution is 7.91. The van der Waals surface area contributed by atoms with E-state index in [2.05, 4.69) is 19.1 Å². The molecule has 1 aromatic carbocycles. The molecule has 0 saturated carbocycles. The van der Waals surface area contributed by atoms with Crippen LogP contribution in [0.5, 0.6) is 0 Å². The van der Waals surface area contributed by atoms with Crippen LogP contribution in [0.3, 0.4) is 0 Å². The maximum atomic E-state index is 11.9. The fourth-order valence-electron chi connectivity index (χ4n) is 2.51. The van der Waals surface area contributed by atoms with Crippen LogP contribution in [0.1, 0.15) is 18.9 Å². The smallest absolute Gasteiger partial charge is 0.249 e. The Morgan fingerprint density at radius 1 is 1.13 bits per heavy atom. The van der Waals surface area contributed by atoms with Gasteiger partial charge in [0, 0.05) is 17.3 Å². The Morgan fingerprint density at radius 2 is 1.78 bits per heavy atom. The summed E-state index contributed by atoms with van der Waals surface area (Å²) in [6.45, 7) is 2.15. The summed E-state index contributed by atoms with van der Waals surface area (Å²) in [6.07, 6.45) is 5.77. The van der Waals surface area contributed by atoms with Crippen LogP contribution >= 0.6 is 11.3 Å². The first-order valence-electron chi connectivity index (χ1n) is 7.38. The zero-order chi connectivity index (χ0) is 16.4.